The molecule has 30 heavy (non-hydrogen) atoms. The number of nitrogens with two attached hydrogens (primary N) is 2. The van der Waals surface area contributed by atoms with Gasteiger partial charge in [-0.25, -0.2) is 9.97 Å². The number of rotatable bonds is 4. The Labute approximate surface area is 169 Å². The number of nitrogens with zero attached hydrogens (tertiary/aromatic N) is 4. The Morgan fingerprint density at radius 3 is 2.70 bits per heavy atom. The molecule has 0 radical (unpaired) electrons. The second kappa shape index (κ2) is 6.43. The normalized spacial score (nSPS) is 17.6. The summed E-state index contributed by atoms with van der Waals surface area (Å²) in [7, 11) is 0. The van der Waals surface area contributed by atoms with E-state index in [1.165, 1.54) is 10.6 Å². The Balaban J connectivity index is 1.55. The lowest BCUT2D eigenvalue weighted by atomic mass is 10.0. The van der Waals surface area contributed by atoms with Crippen molar-refractivity contribution in [2.24, 2.45) is 11.7 Å². The molecule has 2 aliphatic rings. The number of carbonyl (C=O) groups excluding carboxylic acids is 1. The molecule has 7 nitrogen and oxygen atoms in total. The third-order valence-corrected chi connectivity index (χ3v) is 5.85. The minimum atomic E-state index is -4.63. The zero-order valence-corrected chi connectivity index (χ0v) is 15.9. The predicted octanol–water partition coefficient (Wildman–Crippen LogP) is 2.69. The van der Waals surface area contributed by atoms with Crippen molar-refractivity contribution in [3.05, 3.63) is 47.4 Å². The van der Waals surface area contributed by atoms with Crippen LogP contribution in [-0.2, 0) is 12.7 Å². The molecule has 4 N–H and O–H groups in total. The van der Waals surface area contributed by atoms with Gasteiger partial charge in [0.25, 0.3) is 5.91 Å². The lowest BCUT2D eigenvalue weighted by Gasteiger charge is -2.26. The lowest BCUT2D eigenvalue weighted by Crippen LogP contribution is -2.42. The number of halogens is 3. The monoisotopic (exact) mass is 416 g/mol. The van der Waals surface area contributed by atoms with Gasteiger partial charge in [0.05, 0.1) is 11.9 Å². The van der Waals surface area contributed by atoms with Gasteiger partial charge in [-0.2, -0.15) is 13.2 Å². The molecule has 1 aliphatic heterocycles. The Bertz CT molecular complexity index is 1170. The van der Waals surface area contributed by atoms with Crippen LogP contribution in [0.15, 0.2) is 30.6 Å². The highest BCUT2D eigenvalue weighted by Crippen LogP contribution is 2.39. The highest BCUT2D eigenvalue weighted by molar-refractivity contribution is 5.99. The van der Waals surface area contributed by atoms with Gasteiger partial charge in [0.15, 0.2) is 17.2 Å². The first kappa shape index (κ1) is 18.9. The number of benzene rings is 1. The number of hydrogen-bond donors (Lipinski definition) is 2. The van der Waals surface area contributed by atoms with Crippen molar-refractivity contribution in [3.63, 3.8) is 0 Å². The zero-order chi connectivity index (χ0) is 21.2. The number of imidazole rings is 1. The molecular weight excluding hydrogens is 397 g/mol. The fourth-order valence-electron chi connectivity index (χ4n) is 4.19. The first-order chi connectivity index (χ1) is 14.3. The first-order valence-corrected chi connectivity index (χ1v) is 9.63. The molecule has 0 spiro atoms. The summed E-state index contributed by atoms with van der Waals surface area (Å²) >= 11 is 0. The summed E-state index contributed by atoms with van der Waals surface area (Å²) < 4.78 is 40.8. The van der Waals surface area contributed by atoms with Crippen molar-refractivity contribution in [2.45, 2.75) is 31.6 Å². The van der Waals surface area contributed by atoms with E-state index in [1.807, 2.05) is 11.0 Å². The molecule has 3 aromatic rings. The van der Waals surface area contributed by atoms with Crippen LogP contribution in [0.4, 0.5) is 19.0 Å². The summed E-state index contributed by atoms with van der Waals surface area (Å²) in [6.07, 6.45) is -0.139. The second-order valence-corrected chi connectivity index (χ2v) is 7.79. The van der Waals surface area contributed by atoms with E-state index in [0.717, 1.165) is 24.6 Å². The van der Waals surface area contributed by atoms with Gasteiger partial charge in [-0.1, -0.05) is 6.07 Å². The van der Waals surface area contributed by atoms with Crippen LogP contribution in [0.3, 0.4) is 0 Å². The van der Waals surface area contributed by atoms with Crippen molar-refractivity contribution < 1.29 is 18.0 Å². The van der Waals surface area contributed by atoms with Gasteiger partial charge in [-0.05, 0) is 36.5 Å². The van der Waals surface area contributed by atoms with Crippen LogP contribution in [0.1, 0.15) is 34.5 Å². The maximum absolute atomic E-state index is 13.2. The van der Waals surface area contributed by atoms with Gasteiger partial charge in [0, 0.05) is 36.5 Å². The van der Waals surface area contributed by atoms with Crippen molar-refractivity contribution >= 4 is 17.4 Å². The van der Waals surface area contributed by atoms with Gasteiger partial charge in [-0.15, -0.1) is 0 Å². The summed E-state index contributed by atoms with van der Waals surface area (Å²) in [4.78, 5) is 22.2. The van der Waals surface area contributed by atoms with E-state index < -0.39 is 11.9 Å². The number of aromatic nitrogens is 3. The number of anilines is 1. The summed E-state index contributed by atoms with van der Waals surface area (Å²) in [6, 6.07) is 5.26. The molecule has 2 aromatic heterocycles. The van der Waals surface area contributed by atoms with Gasteiger partial charge in [0.2, 0.25) is 0 Å². The molecule has 1 fully saturated rings. The molecule has 5 rings (SSSR count). The van der Waals surface area contributed by atoms with Gasteiger partial charge >= 0.3 is 6.18 Å². The summed E-state index contributed by atoms with van der Waals surface area (Å²) in [5.41, 5.74) is 13.2. The summed E-state index contributed by atoms with van der Waals surface area (Å²) in [5, 5.41) is 0. The lowest BCUT2D eigenvalue weighted by molar-refractivity contribution is -0.141. The van der Waals surface area contributed by atoms with Crippen molar-refractivity contribution in [3.8, 4) is 11.3 Å². The smallest absolute Gasteiger partial charge is 0.381 e. The number of nitrogen functional groups attached to an aromatic ring is 1. The largest absolute Gasteiger partial charge is 0.434 e. The number of hydrogen-bond acceptors (Lipinski definition) is 5. The molecule has 1 saturated carbocycles. The van der Waals surface area contributed by atoms with E-state index in [4.69, 9.17) is 11.5 Å². The Morgan fingerprint density at radius 2 is 2.03 bits per heavy atom. The van der Waals surface area contributed by atoms with Crippen LogP contribution in [-0.4, -0.2) is 37.8 Å². The first-order valence-electron chi connectivity index (χ1n) is 9.63. The quantitative estimate of drug-likeness (QED) is 0.681. The third kappa shape index (κ3) is 2.90. The van der Waals surface area contributed by atoms with E-state index in [9.17, 15) is 18.0 Å². The standard InChI is InChI=1S/C20H19F3N6O/c21-20(22,23)16-9-28-15(7-26-18(28)17(25)27-16)11-3-4-13-12(5-11)8-29(19(13)30)14(6-24)10-1-2-10/h3-5,7,9-10,14H,1-2,6,8,24H2,(H2,25,27). The minimum absolute atomic E-state index is 0.0179. The van der Waals surface area contributed by atoms with E-state index in [-0.39, 0.29) is 23.4 Å². The number of fused-ring (bicyclic) bond motifs is 2. The molecule has 0 bridgehead atoms. The fraction of sp³-hybridized carbons (Fsp3) is 0.350. The highest BCUT2D eigenvalue weighted by Gasteiger charge is 2.40. The van der Waals surface area contributed by atoms with Crippen LogP contribution in [0.5, 0.6) is 0 Å². The van der Waals surface area contributed by atoms with Crippen LogP contribution in [0.25, 0.3) is 16.9 Å². The molecule has 10 heteroatoms. The Kier molecular flexibility index (Phi) is 4.04. The number of amides is 1. The Morgan fingerprint density at radius 1 is 1.27 bits per heavy atom. The van der Waals surface area contributed by atoms with E-state index in [1.54, 1.807) is 12.1 Å². The second-order valence-electron chi connectivity index (χ2n) is 7.79. The average Bonchev–Trinajstić information content (AvgIpc) is 3.35. The van der Waals surface area contributed by atoms with Crippen molar-refractivity contribution in [2.75, 3.05) is 12.3 Å². The molecular formula is C20H19F3N6O. The molecule has 3 heterocycles. The minimum Gasteiger partial charge on any atom is -0.381 e. The summed E-state index contributed by atoms with van der Waals surface area (Å²) in [6.45, 7) is 0.853. The molecule has 1 aromatic carbocycles. The van der Waals surface area contributed by atoms with Crippen LogP contribution < -0.4 is 11.5 Å². The van der Waals surface area contributed by atoms with E-state index in [2.05, 4.69) is 9.97 Å². The van der Waals surface area contributed by atoms with Gasteiger partial charge in [-0.3, -0.25) is 9.20 Å². The van der Waals surface area contributed by atoms with Crippen LogP contribution >= 0.6 is 0 Å². The van der Waals surface area contributed by atoms with E-state index >= 15 is 0 Å². The van der Waals surface area contributed by atoms with Gasteiger partial charge in [0.1, 0.15) is 0 Å². The summed E-state index contributed by atoms with van der Waals surface area (Å²) in [5.74, 6) is 0.0985. The number of carbonyl (C=O) groups is 1. The van der Waals surface area contributed by atoms with Crippen LogP contribution in [0.2, 0.25) is 0 Å². The van der Waals surface area contributed by atoms with E-state index in [0.29, 0.717) is 35.8 Å². The molecule has 1 amide bonds. The average molecular weight is 416 g/mol. The molecule has 0 saturated heterocycles. The third-order valence-electron chi connectivity index (χ3n) is 5.85. The highest BCUT2D eigenvalue weighted by atomic mass is 19.4. The molecule has 156 valence electrons. The topological polar surface area (TPSA) is 103 Å². The molecule has 1 atom stereocenters. The maximum Gasteiger partial charge on any atom is 0.434 e. The fourth-order valence-corrected chi connectivity index (χ4v) is 4.19. The molecule has 1 aliphatic carbocycles. The van der Waals surface area contributed by atoms with Crippen molar-refractivity contribution in [1.82, 2.24) is 19.3 Å². The SMILES string of the molecule is NCC(C1CC1)N1Cc2cc(-c3cnc4c(N)nc(C(F)(F)F)cn34)ccc2C1=O. The number of alkyl halides is 3. The predicted molar refractivity (Wildman–Crippen MR) is 103 cm³/mol. The van der Waals surface area contributed by atoms with Gasteiger partial charge < -0.3 is 16.4 Å². The molecule has 1 unspecified atom stereocenters. The van der Waals surface area contributed by atoms with Crippen LogP contribution in [0, 0.1) is 5.92 Å². The zero-order valence-electron chi connectivity index (χ0n) is 15.9. The Hall–Kier alpha value is -3.14. The van der Waals surface area contributed by atoms with Crippen molar-refractivity contribution in [1.29, 1.82) is 0 Å². The maximum atomic E-state index is 13.2.